The molecule has 2 rings (SSSR count). The molecule has 0 aromatic heterocycles. The molecule has 1 saturated heterocycles. The van der Waals surface area contributed by atoms with Crippen LogP contribution in [-0.2, 0) is 19.4 Å². The van der Waals surface area contributed by atoms with Crippen molar-refractivity contribution in [2.75, 3.05) is 18.1 Å². The van der Waals surface area contributed by atoms with Crippen LogP contribution in [0.5, 0.6) is 5.75 Å². The van der Waals surface area contributed by atoms with E-state index in [0.717, 1.165) is 5.56 Å². The van der Waals surface area contributed by atoms with E-state index in [1.807, 2.05) is 33.8 Å². The van der Waals surface area contributed by atoms with Gasteiger partial charge in [-0.05, 0) is 49.3 Å². The second-order valence-corrected chi connectivity index (χ2v) is 10.8. The topological polar surface area (TPSA) is 101 Å². The normalized spacial score (nSPS) is 19.1. The van der Waals surface area contributed by atoms with E-state index in [1.54, 1.807) is 13.0 Å². The number of aromatic hydroxyl groups is 1. The number of rotatable bonds is 7. The zero-order valence-electron chi connectivity index (χ0n) is 18.6. The molecule has 8 heteroatoms. The third kappa shape index (κ3) is 5.33. The third-order valence-corrected chi connectivity index (χ3v) is 7.33. The van der Waals surface area contributed by atoms with Crippen molar-refractivity contribution < 1.29 is 27.9 Å². The minimum atomic E-state index is -3.14. The lowest BCUT2D eigenvalue weighted by Gasteiger charge is -2.29. The van der Waals surface area contributed by atoms with E-state index in [0.29, 0.717) is 18.5 Å². The number of benzene rings is 1. The van der Waals surface area contributed by atoms with Crippen LogP contribution in [0.1, 0.15) is 81.3 Å². The number of phenols is 1. The fraction of sp³-hybridized carbons (Fsp3) is 0.636. The van der Waals surface area contributed by atoms with Crippen LogP contribution < -0.4 is 0 Å². The molecule has 1 fully saturated rings. The largest absolute Gasteiger partial charge is 0.507 e. The average molecular weight is 440 g/mol. The van der Waals surface area contributed by atoms with Crippen molar-refractivity contribution in [3.8, 4) is 5.75 Å². The Kier molecular flexibility index (Phi) is 7.55. The molecule has 7 nitrogen and oxygen atoms in total. The standard InChI is InChI=1S/C22H33NO6S/c1-7-23(17-8-9-30(27,28)12-17)21(25)15(6)29-22(26)19-11-16(13(2)3)10-18(14(4)5)20(19)24/h10-11,13-15,17,24H,7-9,12H2,1-6H3/t15-,17-/m1/s1. The molecule has 0 unspecified atom stereocenters. The first-order valence-electron chi connectivity index (χ1n) is 10.5. The highest BCUT2D eigenvalue weighted by atomic mass is 32.2. The number of phenolic OH excluding ortho intramolecular Hbond substituents is 1. The van der Waals surface area contributed by atoms with Crippen molar-refractivity contribution in [1.82, 2.24) is 4.90 Å². The van der Waals surface area contributed by atoms with Crippen molar-refractivity contribution in [2.45, 2.75) is 71.9 Å². The van der Waals surface area contributed by atoms with E-state index in [2.05, 4.69) is 0 Å². The fourth-order valence-electron chi connectivity index (χ4n) is 3.73. The maximum atomic E-state index is 12.9. The number of carbonyl (C=O) groups excluding carboxylic acids is 2. The molecule has 0 radical (unpaired) electrons. The van der Waals surface area contributed by atoms with Gasteiger partial charge in [0.15, 0.2) is 15.9 Å². The molecule has 0 spiro atoms. The van der Waals surface area contributed by atoms with Crippen LogP contribution in [0, 0.1) is 0 Å². The van der Waals surface area contributed by atoms with Gasteiger partial charge in [0.1, 0.15) is 11.3 Å². The van der Waals surface area contributed by atoms with Gasteiger partial charge in [-0.1, -0.05) is 33.8 Å². The van der Waals surface area contributed by atoms with Crippen LogP contribution >= 0.6 is 0 Å². The minimum Gasteiger partial charge on any atom is -0.507 e. The molecule has 1 aliphatic rings. The van der Waals surface area contributed by atoms with Crippen molar-refractivity contribution >= 4 is 21.7 Å². The van der Waals surface area contributed by atoms with Crippen LogP contribution in [-0.4, -0.2) is 60.5 Å². The van der Waals surface area contributed by atoms with Gasteiger partial charge in [-0.25, -0.2) is 13.2 Å². The van der Waals surface area contributed by atoms with Gasteiger partial charge in [0.2, 0.25) is 0 Å². The van der Waals surface area contributed by atoms with E-state index in [9.17, 15) is 23.1 Å². The van der Waals surface area contributed by atoms with E-state index in [4.69, 9.17) is 4.74 Å². The minimum absolute atomic E-state index is 0.00852. The summed E-state index contributed by atoms with van der Waals surface area (Å²) in [4.78, 5) is 27.1. The molecule has 1 amide bonds. The van der Waals surface area contributed by atoms with Crippen molar-refractivity contribution in [2.24, 2.45) is 0 Å². The SMILES string of the molecule is CCN(C(=O)[C@@H](C)OC(=O)c1cc(C(C)C)cc(C(C)C)c1O)[C@@H]1CCS(=O)(=O)C1. The number of amides is 1. The fourth-order valence-corrected chi connectivity index (χ4v) is 5.46. The van der Waals surface area contributed by atoms with Gasteiger partial charge in [0.05, 0.1) is 11.5 Å². The molecule has 0 bridgehead atoms. The molecule has 30 heavy (non-hydrogen) atoms. The van der Waals surface area contributed by atoms with Gasteiger partial charge in [-0.3, -0.25) is 4.79 Å². The monoisotopic (exact) mass is 439 g/mol. The molecule has 1 aromatic rings. The second-order valence-electron chi connectivity index (χ2n) is 8.54. The lowest BCUT2D eigenvalue weighted by molar-refractivity contribution is -0.141. The average Bonchev–Trinajstić information content (AvgIpc) is 3.01. The zero-order valence-corrected chi connectivity index (χ0v) is 19.5. The van der Waals surface area contributed by atoms with Crippen LogP contribution in [0.2, 0.25) is 0 Å². The van der Waals surface area contributed by atoms with E-state index in [-0.39, 0.29) is 34.7 Å². The number of nitrogens with zero attached hydrogens (tertiary/aromatic N) is 1. The molecule has 1 aromatic carbocycles. The number of carbonyl (C=O) groups is 2. The highest BCUT2D eigenvalue weighted by Crippen LogP contribution is 2.33. The van der Waals surface area contributed by atoms with Crippen LogP contribution in [0.3, 0.4) is 0 Å². The molecular formula is C22H33NO6S. The zero-order chi connectivity index (χ0) is 22.8. The molecule has 2 atom stereocenters. The summed E-state index contributed by atoms with van der Waals surface area (Å²) in [6.45, 7) is 11.4. The van der Waals surface area contributed by atoms with Gasteiger partial charge in [0, 0.05) is 12.6 Å². The van der Waals surface area contributed by atoms with Gasteiger partial charge in [0.25, 0.3) is 5.91 Å². The Morgan fingerprint density at radius 1 is 1.17 bits per heavy atom. The Morgan fingerprint density at radius 3 is 2.27 bits per heavy atom. The first-order chi connectivity index (χ1) is 13.9. The van der Waals surface area contributed by atoms with Gasteiger partial charge in [-0.15, -0.1) is 0 Å². The van der Waals surface area contributed by atoms with Gasteiger partial charge in [-0.2, -0.15) is 0 Å². The molecule has 1 heterocycles. The summed E-state index contributed by atoms with van der Waals surface area (Å²) in [6.07, 6.45) is -0.706. The Balaban J connectivity index is 2.23. The predicted molar refractivity (Wildman–Crippen MR) is 116 cm³/mol. The number of esters is 1. The highest BCUT2D eigenvalue weighted by molar-refractivity contribution is 7.91. The Labute approximate surface area is 179 Å². The summed E-state index contributed by atoms with van der Waals surface area (Å²) in [5.74, 6) is -1.19. The summed E-state index contributed by atoms with van der Waals surface area (Å²) >= 11 is 0. The summed E-state index contributed by atoms with van der Waals surface area (Å²) < 4.78 is 29.0. The number of hydrogen-bond donors (Lipinski definition) is 1. The lowest BCUT2D eigenvalue weighted by atomic mass is 9.92. The summed E-state index contributed by atoms with van der Waals surface area (Å²) in [5, 5.41) is 10.6. The quantitative estimate of drug-likeness (QED) is 0.655. The van der Waals surface area contributed by atoms with Crippen molar-refractivity contribution in [1.29, 1.82) is 0 Å². The predicted octanol–water partition coefficient (Wildman–Crippen LogP) is 3.22. The first kappa shape index (κ1) is 24.2. The van der Waals surface area contributed by atoms with E-state index < -0.39 is 33.9 Å². The smallest absolute Gasteiger partial charge is 0.342 e. The maximum absolute atomic E-state index is 12.9. The number of hydrogen-bond acceptors (Lipinski definition) is 6. The molecule has 1 aliphatic heterocycles. The Hall–Kier alpha value is -2.09. The van der Waals surface area contributed by atoms with E-state index in [1.165, 1.54) is 11.8 Å². The van der Waals surface area contributed by atoms with Crippen molar-refractivity contribution in [3.05, 3.63) is 28.8 Å². The lowest BCUT2D eigenvalue weighted by Crippen LogP contribution is -2.46. The molecule has 168 valence electrons. The Bertz CT molecular complexity index is 906. The Morgan fingerprint density at radius 2 is 1.80 bits per heavy atom. The van der Waals surface area contributed by atoms with Gasteiger partial charge >= 0.3 is 5.97 Å². The number of sulfone groups is 1. The second kappa shape index (κ2) is 9.37. The number of likely N-dealkylation sites (N-methyl/N-ethyl adjacent to an activating group) is 1. The summed E-state index contributed by atoms with van der Waals surface area (Å²) in [6, 6.07) is 3.08. The molecule has 1 N–H and O–H groups in total. The molecule has 0 aliphatic carbocycles. The van der Waals surface area contributed by atoms with E-state index >= 15 is 0 Å². The van der Waals surface area contributed by atoms with Crippen LogP contribution in [0.4, 0.5) is 0 Å². The van der Waals surface area contributed by atoms with Crippen LogP contribution in [0.25, 0.3) is 0 Å². The number of ether oxygens (including phenoxy) is 1. The summed E-state index contributed by atoms with van der Waals surface area (Å²) in [7, 11) is -3.14. The van der Waals surface area contributed by atoms with Crippen molar-refractivity contribution in [3.63, 3.8) is 0 Å². The van der Waals surface area contributed by atoms with Crippen LogP contribution in [0.15, 0.2) is 12.1 Å². The molecular weight excluding hydrogens is 406 g/mol. The third-order valence-electron chi connectivity index (χ3n) is 5.57. The highest BCUT2D eigenvalue weighted by Gasteiger charge is 2.36. The first-order valence-corrected chi connectivity index (χ1v) is 12.3. The maximum Gasteiger partial charge on any atom is 0.342 e. The van der Waals surface area contributed by atoms with Gasteiger partial charge < -0.3 is 14.7 Å². The molecule has 0 saturated carbocycles. The summed E-state index contributed by atoms with van der Waals surface area (Å²) in [5.41, 5.74) is 1.59.